The number of nitrogens with one attached hydrogen (secondary N) is 1. The number of benzene rings is 2. The average molecular weight is 521 g/mol. The molecule has 1 heterocycles. The van der Waals surface area contributed by atoms with Gasteiger partial charge in [0.2, 0.25) is 0 Å². The summed E-state index contributed by atoms with van der Waals surface area (Å²) in [6.45, 7) is 4.66. The molecule has 1 aliphatic heterocycles. The Labute approximate surface area is 211 Å². The quantitative estimate of drug-likeness (QED) is 0.354. The molecule has 0 aliphatic carbocycles. The summed E-state index contributed by atoms with van der Waals surface area (Å²) in [5.41, 5.74) is 5.43. The van der Waals surface area contributed by atoms with Crippen LogP contribution in [0.25, 0.3) is 0 Å². The smallest absolute Gasteiger partial charge is 0.323 e. The first-order valence-corrected chi connectivity index (χ1v) is 11.5. The standard InChI is InChI=1S/C25H26ClFN2O7/c1-12(30)13-5-8-19-15(10-13)21(29-23(33)14-4-6-17(27)16(26)11-14)22(25(2,3)36-19)35-24(34)18(28)7-9-20(31)32/h4-6,8,10-11,18,21-22H,7,9,28H2,1-3H3,(H,29,33)(H,31,32)/t18-,21+,22-/m0/s1. The second-order valence-electron chi connectivity index (χ2n) is 8.99. The third kappa shape index (κ3) is 6.00. The van der Waals surface area contributed by atoms with Crippen LogP contribution in [-0.2, 0) is 14.3 Å². The maximum atomic E-state index is 13.6. The van der Waals surface area contributed by atoms with Crippen LogP contribution in [0.3, 0.4) is 0 Å². The number of halogens is 2. The molecule has 36 heavy (non-hydrogen) atoms. The van der Waals surface area contributed by atoms with Crippen molar-refractivity contribution in [3.63, 3.8) is 0 Å². The predicted octanol–water partition coefficient (Wildman–Crippen LogP) is 3.43. The molecule has 1 aliphatic rings. The van der Waals surface area contributed by atoms with Gasteiger partial charge in [-0.25, -0.2) is 4.39 Å². The maximum absolute atomic E-state index is 13.6. The number of ether oxygens (including phenoxy) is 2. The van der Waals surface area contributed by atoms with Crippen LogP contribution in [0, 0.1) is 5.82 Å². The van der Waals surface area contributed by atoms with Crippen molar-refractivity contribution >= 4 is 35.2 Å². The molecule has 0 saturated carbocycles. The molecule has 2 aromatic rings. The second kappa shape index (κ2) is 10.6. The van der Waals surface area contributed by atoms with Crippen molar-refractivity contribution in [2.24, 2.45) is 5.73 Å². The van der Waals surface area contributed by atoms with E-state index >= 15 is 0 Å². The Hall–Kier alpha value is -3.50. The Bertz CT molecular complexity index is 1220. The summed E-state index contributed by atoms with van der Waals surface area (Å²) in [5, 5.41) is 11.4. The third-order valence-electron chi connectivity index (χ3n) is 5.80. The summed E-state index contributed by atoms with van der Waals surface area (Å²) in [6.07, 6.45) is -1.62. The Balaban J connectivity index is 2.01. The van der Waals surface area contributed by atoms with Crippen molar-refractivity contribution < 1.29 is 38.1 Å². The van der Waals surface area contributed by atoms with E-state index in [1.54, 1.807) is 26.0 Å². The highest BCUT2D eigenvalue weighted by Crippen LogP contribution is 2.42. The number of Topliss-reactive ketones (excluding diaryl/α,β-unsaturated/α-hetero) is 1. The topological polar surface area (TPSA) is 145 Å². The summed E-state index contributed by atoms with van der Waals surface area (Å²) in [5.74, 6) is -3.22. The van der Waals surface area contributed by atoms with Gasteiger partial charge in [0.05, 0.1) is 11.1 Å². The number of carboxylic acids is 1. The van der Waals surface area contributed by atoms with Crippen LogP contribution >= 0.6 is 11.6 Å². The Morgan fingerprint density at radius 3 is 2.47 bits per heavy atom. The second-order valence-corrected chi connectivity index (χ2v) is 9.40. The first kappa shape index (κ1) is 27.1. The summed E-state index contributed by atoms with van der Waals surface area (Å²) < 4.78 is 25.4. The first-order valence-electron chi connectivity index (χ1n) is 11.1. The summed E-state index contributed by atoms with van der Waals surface area (Å²) in [4.78, 5) is 48.8. The van der Waals surface area contributed by atoms with Gasteiger partial charge >= 0.3 is 11.9 Å². The number of amides is 1. The molecule has 0 fully saturated rings. The summed E-state index contributed by atoms with van der Waals surface area (Å²) >= 11 is 5.83. The van der Waals surface area contributed by atoms with Crippen molar-refractivity contribution in [3.05, 3.63) is 63.9 Å². The number of carboxylic acid groups (broad SMARTS) is 1. The van der Waals surface area contributed by atoms with E-state index in [9.17, 15) is 23.6 Å². The van der Waals surface area contributed by atoms with Gasteiger partial charge in [0, 0.05) is 23.1 Å². The molecular weight excluding hydrogens is 495 g/mol. The molecule has 0 aromatic heterocycles. The highest BCUT2D eigenvalue weighted by molar-refractivity contribution is 6.31. The lowest BCUT2D eigenvalue weighted by molar-refractivity contribution is -0.167. The molecule has 9 nitrogen and oxygen atoms in total. The lowest BCUT2D eigenvalue weighted by atomic mass is 9.85. The van der Waals surface area contributed by atoms with Gasteiger partial charge in [0.25, 0.3) is 5.91 Å². The Morgan fingerprint density at radius 1 is 1.19 bits per heavy atom. The van der Waals surface area contributed by atoms with E-state index in [0.29, 0.717) is 16.9 Å². The molecule has 0 unspecified atom stereocenters. The number of hydrogen-bond acceptors (Lipinski definition) is 7. The summed E-state index contributed by atoms with van der Waals surface area (Å²) in [6, 6.07) is 5.90. The lowest BCUT2D eigenvalue weighted by Crippen LogP contribution is -2.56. The highest BCUT2D eigenvalue weighted by Gasteiger charge is 2.48. The van der Waals surface area contributed by atoms with Crippen LogP contribution in [0.15, 0.2) is 36.4 Å². The normalized spacial score (nSPS) is 18.8. The van der Waals surface area contributed by atoms with Crippen molar-refractivity contribution in [2.75, 3.05) is 0 Å². The van der Waals surface area contributed by atoms with Crippen LogP contribution < -0.4 is 15.8 Å². The zero-order valence-electron chi connectivity index (χ0n) is 19.8. The van der Waals surface area contributed by atoms with Crippen LogP contribution in [0.1, 0.15) is 65.9 Å². The molecule has 11 heteroatoms. The Kier molecular flexibility index (Phi) is 8.00. The van der Waals surface area contributed by atoms with E-state index in [0.717, 1.165) is 12.1 Å². The molecule has 0 radical (unpaired) electrons. The molecule has 0 saturated heterocycles. The van der Waals surface area contributed by atoms with Gasteiger partial charge < -0.3 is 25.6 Å². The maximum Gasteiger partial charge on any atom is 0.323 e. The van der Waals surface area contributed by atoms with Crippen LogP contribution in [0.4, 0.5) is 4.39 Å². The monoisotopic (exact) mass is 520 g/mol. The third-order valence-corrected chi connectivity index (χ3v) is 6.09. The predicted molar refractivity (Wildman–Crippen MR) is 127 cm³/mol. The molecular formula is C25H26ClFN2O7. The fourth-order valence-corrected chi connectivity index (χ4v) is 4.02. The van der Waals surface area contributed by atoms with Gasteiger partial charge in [-0.2, -0.15) is 0 Å². The number of ketones is 1. The molecule has 0 spiro atoms. The van der Waals surface area contributed by atoms with Crippen LogP contribution in [-0.4, -0.2) is 46.5 Å². The highest BCUT2D eigenvalue weighted by atomic mass is 35.5. The van der Waals surface area contributed by atoms with Gasteiger partial charge in [-0.1, -0.05) is 11.6 Å². The number of carbonyl (C=O) groups is 4. The minimum absolute atomic E-state index is 0.0539. The molecule has 4 N–H and O–H groups in total. The van der Waals surface area contributed by atoms with Crippen molar-refractivity contribution in [3.8, 4) is 5.75 Å². The molecule has 1 amide bonds. The average Bonchev–Trinajstić information content (AvgIpc) is 2.80. The number of hydrogen-bond donors (Lipinski definition) is 3. The SMILES string of the molecule is CC(=O)c1ccc2c(c1)[C@@H](NC(=O)c1ccc(F)c(Cl)c1)[C@H](OC(=O)[C@@H](N)CCC(=O)O)C(C)(C)O2. The van der Waals surface area contributed by atoms with E-state index in [1.807, 2.05) is 0 Å². The minimum atomic E-state index is -1.23. The summed E-state index contributed by atoms with van der Waals surface area (Å²) in [7, 11) is 0. The van der Waals surface area contributed by atoms with Crippen molar-refractivity contribution in [1.29, 1.82) is 0 Å². The molecule has 3 rings (SSSR count). The lowest BCUT2D eigenvalue weighted by Gasteiger charge is -2.44. The van der Waals surface area contributed by atoms with E-state index in [1.165, 1.54) is 19.1 Å². The molecule has 0 bridgehead atoms. The molecule has 2 aromatic carbocycles. The van der Waals surface area contributed by atoms with E-state index in [-0.39, 0.29) is 29.2 Å². The van der Waals surface area contributed by atoms with Gasteiger partial charge in [-0.3, -0.25) is 19.2 Å². The van der Waals surface area contributed by atoms with Gasteiger partial charge in [0.1, 0.15) is 23.2 Å². The number of fused-ring (bicyclic) bond motifs is 1. The molecule has 192 valence electrons. The van der Waals surface area contributed by atoms with Gasteiger partial charge in [-0.05, 0) is 63.6 Å². The van der Waals surface area contributed by atoms with E-state index < -0.39 is 47.5 Å². The van der Waals surface area contributed by atoms with Gasteiger partial charge in [-0.15, -0.1) is 0 Å². The van der Waals surface area contributed by atoms with Crippen LogP contribution in [0.5, 0.6) is 5.75 Å². The van der Waals surface area contributed by atoms with Crippen LogP contribution in [0.2, 0.25) is 5.02 Å². The number of aliphatic carboxylic acids is 1. The van der Waals surface area contributed by atoms with E-state index in [4.69, 9.17) is 31.9 Å². The number of nitrogens with two attached hydrogens (primary N) is 1. The Morgan fingerprint density at radius 2 is 1.86 bits per heavy atom. The minimum Gasteiger partial charge on any atom is -0.484 e. The largest absolute Gasteiger partial charge is 0.484 e. The van der Waals surface area contributed by atoms with Gasteiger partial charge in [0.15, 0.2) is 11.9 Å². The fourth-order valence-electron chi connectivity index (χ4n) is 3.84. The molecule has 3 atom stereocenters. The van der Waals surface area contributed by atoms with Crippen molar-refractivity contribution in [1.82, 2.24) is 5.32 Å². The first-order chi connectivity index (χ1) is 16.8. The number of esters is 1. The fraction of sp³-hybridized carbons (Fsp3) is 0.360. The van der Waals surface area contributed by atoms with Crippen molar-refractivity contribution in [2.45, 2.75) is 57.4 Å². The van der Waals surface area contributed by atoms with E-state index in [2.05, 4.69) is 5.32 Å². The zero-order valence-corrected chi connectivity index (χ0v) is 20.6. The number of carbonyl (C=O) groups excluding carboxylic acids is 3. The zero-order chi connectivity index (χ0) is 26.8. The number of rotatable bonds is 8.